The topological polar surface area (TPSA) is 84.1 Å². The number of aromatic nitrogens is 1. The van der Waals surface area contributed by atoms with Crippen molar-refractivity contribution in [3.8, 4) is 0 Å². The monoisotopic (exact) mass is 409 g/mol. The number of rotatable bonds is 6. The van der Waals surface area contributed by atoms with Crippen molar-refractivity contribution < 1.29 is 9.76 Å². The van der Waals surface area contributed by atoms with Crippen molar-refractivity contribution in [3.05, 3.63) is 99.3 Å². The first-order valence-corrected chi connectivity index (χ1v) is 9.12. The van der Waals surface area contributed by atoms with Gasteiger partial charge < -0.3 is 0 Å². The summed E-state index contributed by atoms with van der Waals surface area (Å²) >= 11 is 6.46. The van der Waals surface area contributed by atoms with Gasteiger partial charge in [0.1, 0.15) is 13.3 Å². The molecule has 0 N–H and O–H groups in total. The van der Waals surface area contributed by atoms with Crippen LogP contribution in [0.5, 0.6) is 0 Å². The van der Waals surface area contributed by atoms with E-state index in [1.54, 1.807) is 17.3 Å². The highest BCUT2D eigenvalue weighted by Gasteiger charge is 2.24. The van der Waals surface area contributed by atoms with Gasteiger partial charge in [-0.05, 0) is 30.3 Å². The van der Waals surface area contributed by atoms with Crippen LogP contribution < -0.4 is 15.6 Å². The number of nitro groups is 1. The molecule has 0 fully saturated rings. The average Bonchev–Trinajstić information content (AvgIpc) is 2.76. The second-order valence-electron chi connectivity index (χ2n) is 6.17. The van der Waals surface area contributed by atoms with Crippen molar-refractivity contribution >= 4 is 29.0 Å². The standard InChI is InChI=1S/C20H16ClN5O3/c21-24-14-23-19-10-9-17(26(27)28)12-18(19)20(24)25(16-7-2-1-3-8-16)29-13-15-6-4-5-11-22-15/h1-12H,13-14H2. The fourth-order valence-corrected chi connectivity index (χ4v) is 3.15. The highest BCUT2D eigenvalue weighted by atomic mass is 35.5. The van der Waals surface area contributed by atoms with Gasteiger partial charge in [-0.25, -0.2) is 9.48 Å². The number of fused-ring (bicyclic) bond motifs is 1. The van der Waals surface area contributed by atoms with Crippen LogP contribution in [0.4, 0.5) is 11.4 Å². The Bertz CT molecular complexity index is 1140. The number of para-hydroxylation sites is 1. The van der Waals surface area contributed by atoms with Gasteiger partial charge >= 0.3 is 0 Å². The quantitative estimate of drug-likeness (QED) is 0.353. The van der Waals surface area contributed by atoms with E-state index in [1.807, 2.05) is 48.5 Å². The van der Waals surface area contributed by atoms with Crippen LogP contribution in [0, 0.1) is 10.1 Å². The van der Waals surface area contributed by atoms with Gasteiger partial charge in [0, 0.05) is 30.1 Å². The van der Waals surface area contributed by atoms with Crippen LogP contribution in [0.1, 0.15) is 5.69 Å². The summed E-state index contributed by atoms with van der Waals surface area (Å²) in [6.07, 6.45) is 1.69. The maximum Gasteiger partial charge on any atom is 0.270 e. The average molecular weight is 410 g/mol. The molecule has 0 unspecified atom stereocenters. The Balaban J connectivity index is 1.85. The van der Waals surface area contributed by atoms with E-state index in [4.69, 9.17) is 16.6 Å². The Morgan fingerprint density at radius 3 is 2.66 bits per heavy atom. The van der Waals surface area contributed by atoms with Gasteiger partial charge in [0.05, 0.1) is 26.9 Å². The summed E-state index contributed by atoms with van der Waals surface area (Å²) in [7, 11) is 0. The SMILES string of the molecule is O=[N+]([O-])c1ccc2c(c1)=C(N(OCc1ccccn1)c1ccccc1)N(Cl)CN=2. The first-order valence-electron chi connectivity index (χ1n) is 8.78. The molecule has 1 aliphatic rings. The molecule has 3 aromatic rings. The molecule has 0 bridgehead atoms. The van der Waals surface area contributed by atoms with Crippen molar-refractivity contribution in [2.75, 3.05) is 11.7 Å². The molecule has 1 aliphatic heterocycles. The summed E-state index contributed by atoms with van der Waals surface area (Å²) in [5, 5.41) is 14.0. The second kappa shape index (κ2) is 8.26. The third-order valence-electron chi connectivity index (χ3n) is 4.28. The molecule has 1 aromatic heterocycles. The number of hydrogen-bond acceptors (Lipinski definition) is 7. The van der Waals surface area contributed by atoms with E-state index in [-0.39, 0.29) is 19.0 Å². The minimum Gasteiger partial charge on any atom is -0.262 e. The van der Waals surface area contributed by atoms with Gasteiger partial charge in [0.2, 0.25) is 0 Å². The molecule has 2 aromatic carbocycles. The molecule has 0 atom stereocenters. The lowest BCUT2D eigenvalue weighted by Crippen LogP contribution is -2.44. The van der Waals surface area contributed by atoms with Crippen LogP contribution in [0.15, 0.2) is 77.9 Å². The predicted molar refractivity (Wildman–Crippen MR) is 108 cm³/mol. The largest absolute Gasteiger partial charge is 0.270 e. The van der Waals surface area contributed by atoms with Crippen molar-refractivity contribution in [2.45, 2.75) is 6.61 Å². The van der Waals surface area contributed by atoms with Gasteiger partial charge in [-0.3, -0.25) is 24.9 Å². The minimum absolute atomic E-state index is 0.0545. The molecule has 8 nitrogen and oxygen atoms in total. The highest BCUT2D eigenvalue weighted by Crippen LogP contribution is 2.25. The Labute approximate surface area is 171 Å². The summed E-state index contributed by atoms with van der Waals surface area (Å²) in [6, 6.07) is 19.4. The van der Waals surface area contributed by atoms with Gasteiger partial charge in [-0.1, -0.05) is 24.3 Å². The highest BCUT2D eigenvalue weighted by molar-refractivity contribution is 6.17. The van der Waals surface area contributed by atoms with Crippen LogP contribution >= 0.6 is 11.8 Å². The number of nitrogens with zero attached hydrogens (tertiary/aromatic N) is 5. The van der Waals surface area contributed by atoms with Crippen molar-refractivity contribution in [1.82, 2.24) is 9.40 Å². The summed E-state index contributed by atoms with van der Waals surface area (Å²) in [5.74, 6) is 0.447. The molecule has 0 saturated heterocycles. The van der Waals surface area contributed by atoms with E-state index in [1.165, 1.54) is 16.6 Å². The lowest BCUT2D eigenvalue weighted by molar-refractivity contribution is -0.385. The Hall–Kier alpha value is -3.49. The lowest BCUT2D eigenvalue weighted by Gasteiger charge is -2.31. The Kier molecular flexibility index (Phi) is 5.37. The van der Waals surface area contributed by atoms with E-state index in [2.05, 4.69) is 9.98 Å². The summed E-state index contributed by atoms with van der Waals surface area (Å²) in [5.41, 5.74) is 1.39. The van der Waals surface area contributed by atoms with Crippen LogP contribution in [0.2, 0.25) is 0 Å². The molecular formula is C20H16ClN5O3. The number of anilines is 1. The summed E-state index contributed by atoms with van der Waals surface area (Å²) in [6.45, 7) is 0.364. The smallest absolute Gasteiger partial charge is 0.262 e. The maximum atomic E-state index is 11.3. The zero-order valence-corrected chi connectivity index (χ0v) is 15.9. The number of nitro benzene ring substituents is 1. The van der Waals surface area contributed by atoms with E-state index in [9.17, 15) is 10.1 Å². The first-order chi connectivity index (χ1) is 14.1. The minimum atomic E-state index is -0.452. The maximum absolute atomic E-state index is 11.3. The number of hydroxylamine groups is 1. The Morgan fingerprint density at radius 2 is 1.93 bits per heavy atom. The molecular weight excluding hydrogens is 394 g/mol. The number of benzene rings is 2. The Morgan fingerprint density at radius 1 is 1.14 bits per heavy atom. The second-order valence-corrected chi connectivity index (χ2v) is 6.58. The fraction of sp³-hybridized carbons (Fsp3) is 0.100. The summed E-state index contributed by atoms with van der Waals surface area (Å²) < 4.78 is 1.37. The molecule has 0 aliphatic carbocycles. The predicted octanol–water partition coefficient (Wildman–Crippen LogP) is 2.74. The molecule has 0 radical (unpaired) electrons. The van der Waals surface area contributed by atoms with Crippen LogP contribution in [-0.4, -0.2) is 21.0 Å². The molecule has 0 spiro atoms. The van der Waals surface area contributed by atoms with E-state index in [0.29, 0.717) is 22.1 Å². The normalized spacial score (nSPS) is 12.9. The molecule has 0 amide bonds. The molecule has 29 heavy (non-hydrogen) atoms. The van der Waals surface area contributed by atoms with Gasteiger partial charge in [0.25, 0.3) is 5.69 Å². The first kappa shape index (κ1) is 18.9. The number of non-ortho nitro benzene ring substituents is 1. The van der Waals surface area contributed by atoms with Crippen LogP contribution in [0.25, 0.3) is 5.82 Å². The van der Waals surface area contributed by atoms with Crippen molar-refractivity contribution in [3.63, 3.8) is 0 Å². The fourth-order valence-electron chi connectivity index (χ4n) is 2.93. The zero-order valence-electron chi connectivity index (χ0n) is 15.2. The van der Waals surface area contributed by atoms with Crippen molar-refractivity contribution in [1.29, 1.82) is 0 Å². The molecule has 2 heterocycles. The summed E-state index contributed by atoms with van der Waals surface area (Å²) in [4.78, 5) is 25.6. The molecule has 9 heteroatoms. The van der Waals surface area contributed by atoms with Crippen LogP contribution in [-0.2, 0) is 11.4 Å². The molecule has 0 saturated carbocycles. The van der Waals surface area contributed by atoms with Crippen LogP contribution in [0.3, 0.4) is 0 Å². The molecule has 146 valence electrons. The van der Waals surface area contributed by atoms with E-state index >= 15 is 0 Å². The van der Waals surface area contributed by atoms with E-state index in [0.717, 1.165) is 5.69 Å². The van der Waals surface area contributed by atoms with E-state index < -0.39 is 4.92 Å². The zero-order chi connectivity index (χ0) is 20.2. The van der Waals surface area contributed by atoms with Gasteiger partial charge in [-0.15, -0.1) is 0 Å². The number of pyridine rings is 1. The van der Waals surface area contributed by atoms with Gasteiger partial charge in [0.15, 0.2) is 5.82 Å². The van der Waals surface area contributed by atoms with Gasteiger partial charge in [-0.2, -0.15) is 0 Å². The lowest BCUT2D eigenvalue weighted by atomic mass is 10.2. The third kappa shape index (κ3) is 4.03. The van der Waals surface area contributed by atoms with Crippen molar-refractivity contribution in [2.24, 2.45) is 4.99 Å². The third-order valence-corrected chi connectivity index (χ3v) is 4.54. The number of hydrogen-bond donors (Lipinski definition) is 0. The molecule has 4 rings (SSSR count). The number of halogens is 1.